The van der Waals surface area contributed by atoms with Gasteiger partial charge in [0, 0.05) is 12.6 Å². The summed E-state index contributed by atoms with van der Waals surface area (Å²) in [4.78, 5) is 28.8. The molecule has 2 amide bonds. The van der Waals surface area contributed by atoms with E-state index in [1.807, 2.05) is 26.8 Å². The van der Waals surface area contributed by atoms with Gasteiger partial charge in [0.1, 0.15) is 24.2 Å². The van der Waals surface area contributed by atoms with E-state index in [0.29, 0.717) is 24.2 Å². The highest BCUT2D eigenvalue weighted by Gasteiger charge is 2.34. The first kappa shape index (κ1) is 31.6. The van der Waals surface area contributed by atoms with Gasteiger partial charge in [-0.2, -0.15) is 0 Å². The number of benzene rings is 3. The molecule has 41 heavy (non-hydrogen) atoms. The predicted octanol–water partition coefficient (Wildman–Crippen LogP) is 5.06. The Labute approximate surface area is 242 Å². The predicted molar refractivity (Wildman–Crippen MR) is 158 cm³/mol. The fourth-order valence-electron chi connectivity index (χ4n) is 4.30. The standard InChI is InChI=1S/C31H38FN3O5S/c1-6-23(4)33-31(37)29(7-2)34(20-24-9-8-10-27(19-24)40-5)30(36)21-35(26-15-13-25(32)14-16-26)41(38,39)28-17-11-22(3)12-18-28/h8-19,23,29H,6-7,20-21H2,1-5H3,(H,33,37)/t23-,29-/m1/s1. The summed E-state index contributed by atoms with van der Waals surface area (Å²) in [6.07, 6.45) is 1.01. The second-order valence-corrected chi connectivity index (χ2v) is 11.8. The summed E-state index contributed by atoms with van der Waals surface area (Å²) in [6.45, 7) is 6.91. The van der Waals surface area contributed by atoms with E-state index in [9.17, 15) is 22.4 Å². The lowest BCUT2D eigenvalue weighted by Gasteiger charge is -2.33. The van der Waals surface area contributed by atoms with Crippen LogP contribution in [0.3, 0.4) is 0 Å². The minimum Gasteiger partial charge on any atom is -0.497 e. The van der Waals surface area contributed by atoms with Crippen LogP contribution in [0.2, 0.25) is 0 Å². The molecule has 0 aromatic heterocycles. The summed E-state index contributed by atoms with van der Waals surface area (Å²) >= 11 is 0. The number of hydrogen-bond acceptors (Lipinski definition) is 5. The second kappa shape index (κ2) is 14.1. The number of halogens is 1. The van der Waals surface area contributed by atoms with E-state index in [2.05, 4.69) is 5.32 Å². The molecule has 0 saturated carbocycles. The third-order valence-corrected chi connectivity index (χ3v) is 8.66. The monoisotopic (exact) mass is 583 g/mol. The Morgan fingerprint density at radius 1 is 0.976 bits per heavy atom. The zero-order chi connectivity index (χ0) is 30.2. The van der Waals surface area contributed by atoms with Crippen LogP contribution in [0, 0.1) is 12.7 Å². The van der Waals surface area contributed by atoms with Crippen molar-refractivity contribution in [3.8, 4) is 5.75 Å². The number of nitrogens with one attached hydrogen (secondary N) is 1. The normalized spacial score (nSPS) is 12.7. The molecule has 0 unspecified atom stereocenters. The number of hydrogen-bond donors (Lipinski definition) is 1. The number of amides is 2. The number of methoxy groups -OCH3 is 1. The Hall–Kier alpha value is -3.92. The number of nitrogens with zero attached hydrogens (tertiary/aromatic N) is 2. The first-order valence-corrected chi connectivity index (χ1v) is 15.0. The molecule has 220 valence electrons. The van der Waals surface area contributed by atoms with E-state index in [1.165, 1.54) is 36.3 Å². The average Bonchev–Trinajstić information content (AvgIpc) is 2.96. The fourth-order valence-corrected chi connectivity index (χ4v) is 5.72. The zero-order valence-corrected chi connectivity index (χ0v) is 24.9. The molecule has 3 aromatic rings. The van der Waals surface area contributed by atoms with Crippen molar-refractivity contribution in [3.63, 3.8) is 0 Å². The van der Waals surface area contributed by atoms with Crippen molar-refractivity contribution in [2.24, 2.45) is 0 Å². The van der Waals surface area contributed by atoms with Crippen LogP contribution in [-0.4, -0.2) is 50.9 Å². The van der Waals surface area contributed by atoms with E-state index in [4.69, 9.17) is 4.74 Å². The molecule has 2 atom stereocenters. The Kier molecular flexibility index (Phi) is 10.9. The van der Waals surface area contributed by atoms with Crippen LogP contribution < -0.4 is 14.4 Å². The molecule has 0 fully saturated rings. The van der Waals surface area contributed by atoms with E-state index in [-0.39, 0.29) is 29.1 Å². The number of carbonyl (C=O) groups is 2. The molecule has 0 aliphatic heterocycles. The summed E-state index contributed by atoms with van der Waals surface area (Å²) < 4.78 is 47.8. The van der Waals surface area contributed by atoms with Gasteiger partial charge in [-0.3, -0.25) is 13.9 Å². The lowest BCUT2D eigenvalue weighted by molar-refractivity contribution is -0.140. The fraction of sp³-hybridized carbons (Fsp3) is 0.355. The molecular formula is C31H38FN3O5S. The van der Waals surface area contributed by atoms with Crippen LogP contribution in [0.15, 0.2) is 77.7 Å². The van der Waals surface area contributed by atoms with Crippen molar-refractivity contribution in [3.05, 3.63) is 89.7 Å². The van der Waals surface area contributed by atoms with Crippen LogP contribution >= 0.6 is 0 Å². The SMILES string of the molecule is CC[C@@H](C)NC(=O)[C@@H](CC)N(Cc1cccc(OC)c1)C(=O)CN(c1ccc(F)cc1)S(=O)(=O)c1ccc(C)cc1. The van der Waals surface area contributed by atoms with E-state index < -0.39 is 34.3 Å². The van der Waals surface area contributed by atoms with E-state index in [1.54, 1.807) is 37.3 Å². The van der Waals surface area contributed by atoms with Crippen LogP contribution in [0.4, 0.5) is 10.1 Å². The number of rotatable bonds is 13. The largest absolute Gasteiger partial charge is 0.497 e. The van der Waals surface area contributed by atoms with Gasteiger partial charge in [0.15, 0.2) is 0 Å². The zero-order valence-electron chi connectivity index (χ0n) is 24.1. The quantitative estimate of drug-likeness (QED) is 0.304. The number of carbonyl (C=O) groups excluding carboxylic acids is 2. The highest BCUT2D eigenvalue weighted by molar-refractivity contribution is 7.92. The van der Waals surface area contributed by atoms with Gasteiger partial charge in [0.25, 0.3) is 10.0 Å². The van der Waals surface area contributed by atoms with E-state index in [0.717, 1.165) is 22.0 Å². The summed E-state index contributed by atoms with van der Waals surface area (Å²) in [5.74, 6) is -0.867. The molecule has 0 heterocycles. The lowest BCUT2D eigenvalue weighted by Crippen LogP contribution is -2.53. The number of sulfonamides is 1. The van der Waals surface area contributed by atoms with Crippen molar-refractivity contribution < 1.29 is 27.1 Å². The summed E-state index contributed by atoms with van der Waals surface area (Å²) in [7, 11) is -2.69. The molecular weight excluding hydrogens is 545 g/mol. The number of anilines is 1. The molecule has 0 radical (unpaired) electrons. The van der Waals surface area contributed by atoms with Gasteiger partial charge in [0.2, 0.25) is 11.8 Å². The van der Waals surface area contributed by atoms with Gasteiger partial charge >= 0.3 is 0 Å². The highest BCUT2D eigenvalue weighted by atomic mass is 32.2. The first-order chi connectivity index (χ1) is 19.5. The maximum absolute atomic E-state index is 14.1. The lowest BCUT2D eigenvalue weighted by atomic mass is 10.1. The van der Waals surface area contributed by atoms with Crippen LogP contribution in [0.5, 0.6) is 5.75 Å². The number of ether oxygens (including phenoxy) is 1. The van der Waals surface area contributed by atoms with Crippen LogP contribution in [-0.2, 0) is 26.2 Å². The molecule has 0 saturated heterocycles. The van der Waals surface area contributed by atoms with Crippen LogP contribution in [0.25, 0.3) is 0 Å². The first-order valence-electron chi connectivity index (χ1n) is 13.6. The third-order valence-electron chi connectivity index (χ3n) is 6.88. The molecule has 3 aromatic carbocycles. The third kappa shape index (κ3) is 8.07. The minimum absolute atomic E-state index is 0.0128. The second-order valence-electron chi connectivity index (χ2n) is 9.92. The molecule has 0 aliphatic carbocycles. The van der Waals surface area contributed by atoms with Crippen LogP contribution in [0.1, 0.15) is 44.7 Å². The van der Waals surface area contributed by atoms with Crippen molar-refractivity contribution in [1.82, 2.24) is 10.2 Å². The van der Waals surface area contributed by atoms with Gasteiger partial charge in [-0.05, 0) is 80.8 Å². The molecule has 1 N–H and O–H groups in total. The van der Waals surface area contributed by atoms with Crippen molar-refractivity contribution in [1.29, 1.82) is 0 Å². The van der Waals surface area contributed by atoms with Crippen molar-refractivity contribution in [2.45, 2.75) is 64.1 Å². The topological polar surface area (TPSA) is 96.0 Å². The molecule has 8 nitrogen and oxygen atoms in total. The molecule has 0 bridgehead atoms. The highest BCUT2D eigenvalue weighted by Crippen LogP contribution is 2.26. The Balaban J connectivity index is 2.06. The Morgan fingerprint density at radius 3 is 2.22 bits per heavy atom. The van der Waals surface area contributed by atoms with Gasteiger partial charge in [-0.25, -0.2) is 12.8 Å². The Bertz CT molecular complexity index is 1430. The number of aryl methyl sites for hydroxylation is 1. The average molecular weight is 584 g/mol. The maximum atomic E-state index is 14.1. The smallest absolute Gasteiger partial charge is 0.264 e. The summed E-state index contributed by atoms with van der Waals surface area (Å²) in [5.41, 5.74) is 1.71. The maximum Gasteiger partial charge on any atom is 0.264 e. The summed E-state index contributed by atoms with van der Waals surface area (Å²) in [5, 5.41) is 2.95. The van der Waals surface area contributed by atoms with Crippen molar-refractivity contribution >= 4 is 27.5 Å². The molecule has 3 rings (SSSR count). The molecule has 0 spiro atoms. The van der Waals surface area contributed by atoms with Gasteiger partial charge in [-0.15, -0.1) is 0 Å². The van der Waals surface area contributed by atoms with Gasteiger partial charge < -0.3 is 15.0 Å². The minimum atomic E-state index is -4.23. The van der Waals surface area contributed by atoms with Crippen molar-refractivity contribution in [2.75, 3.05) is 18.0 Å². The van der Waals surface area contributed by atoms with Gasteiger partial charge in [-0.1, -0.05) is 43.7 Å². The molecule has 10 heteroatoms. The van der Waals surface area contributed by atoms with E-state index >= 15 is 0 Å². The molecule has 0 aliphatic rings. The summed E-state index contributed by atoms with van der Waals surface area (Å²) in [6, 6.07) is 17.3. The Morgan fingerprint density at radius 2 is 1.63 bits per heavy atom. The van der Waals surface area contributed by atoms with Gasteiger partial charge in [0.05, 0.1) is 17.7 Å².